The van der Waals surface area contributed by atoms with Gasteiger partial charge >= 0.3 is 0 Å². The van der Waals surface area contributed by atoms with Crippen molar-refractivity contribution in [3.05, 3.63) is 78.2 Å². The topological polar surface area (TPSA) is 61.4 Å². The zero-order valence-electron chi connectivity index (χ0n) is 15.9. The third-order valence-electron chi connectivity index (χ3n) is 4.85. The molecule has 0 atom stereocenters. The molecule has 2 aromatic carbocycles. The molecule has 0 spiro atoms. The highest BCUT2D eigenvalue weighted by Gasteiger charge is 2.23. The van der Waals surface area contributed by atoms with Gasteiger partial charge in [-0.05, 0) is 36.8 Å². The summed E-state index contributed by atoms with van der Waals surface area (Å²) in [6.45, 7) is 5.09. The quantitative estimate of drug-likeness (QED) is 0.759. The Kier molecular flexibility index (Phi) is 5.19. The van der Waals surface area contributed by atoms with Crippen LogP contribution in [0.1, 0.15) is 16.1 Å². The van der Waals surface area contributed by atoms with Crippen molar-refractivity contribution in [3.8, 4) is 0 Å². The number of rotatable bonds is 4. The number of carbonyl (C=O) groups is 1. The van der Waals surface area contributed by atoms with Gasteiger partial charge in [0.05, 0.1) is 12.4 Å². The molecular weight excluding hydrogens is 350 g/mol. The van der Waals surface area contributed by atoms with Gasteiger partial charge in [-0.25, -0.2) is 9.97 Å². The van der Waals surface area contributed by atoms with E-state index in [0.717, 1.165) is 18.8 Å². The van der Waals surface area contributed by atoms with Crippen LogP contribution in [0.2, 0.25) is 0 Å². The van der Waals surface area contributed by atoms with E-state index in [9.17, 15) is 4.79 Å². The summed E-state index contributed by atoms with van der Waals surface area (Å²) < 4.78 is 0. The lowest BCUT2D eigenvalue weighted by atomic mass is 10.2. The minimum atomic E-state index is -0.0670. The van der Waals surface area contributed by atoms with E-state index in [1.165, 1.54) is 11.3 Å². The Morgan fingerprint density at radius 3 is 2.39 bits per heavy atom. The summed E-state index contributed by atoms with van der Waals surface area (Å²) in [5.74, 6) is 0.551. The van der Waals surface area contributed by atoms with Crippen LogP contribution in [0.3, 0.4) is 0 Å². The second-order valence-electron chi connectivity index (χ2n) is 6.90. The van der Waals surface area contributed by atoms with Crippen molar-refractivity contribution in [1.82, 2.24) is 14.9 Å². The standard InChI is InChI=1S/C22H23N5O/c1-17-6-5-9-19(14-17)26-10-12-27(13-11-26)22(28)20-15-24-21(16-23-20)25-18-7-3-2-4-8-18/h2-9,14-16H,10-13H2,1H3,(H,24,25). The fourth-order valence-corrected chi connectivity index (χ4v) is 3.33. The number of aromatic nitrogens is 2. The first kappa shape index (κ1) is 18.0. The molecule has 0 aliphatic carbocycles. The smallest absolute Gasteiger partial charge is 0.274 e. The molecule has 4 rings (SSSR count). The second kappa shape index (κ2) is 8.08. The number of para-hydroxylation sites is 1. The lowest BCUT2D eigenvalue weighted by Gasteiger charge is -2.36. The van der Waals surface area contributed by atoms with Crippen LogP contribution in [0, 0.1) is 6.92 Å². The molecule has 1 fully saturated rings. The molecule has 142 valence electrons. The Morgan fingerprint density at radius 1 is 0.929 bits per heavy atom. The number of hydrogen-bond donors (Lipinski definition) is 1. The number of amides is 1. The number of nitrogens with one attached hydrogen (secondary N) is 1. The number of piperazine rings is 1. The van der Waals surface area contributed by atoms with Crippen molar-refractivity contribution < 1.29 is 4.79 Å². The highest BCUT2D eigenvalue weighted by atomic mass is 16.2. The van der Waals surface area contributed by atoms with Gasteiger partial charge in [-0.2, -0.15) is 0 Å². The average Bonchev–Trinajstić information content (AvgIpc) is 2.75. The fourth-order valence-electron chi connectivity index (χ4n) is 3.33. The monoisotopic (exact) mass is 373 g/mol. The van der Waals surface area contributed by atoms with Gasteiger partial charge in [0.1, 0.15) is 11.5 Å². The van der Waals surface area contributed by atoms with Crippen molar-refractivity contribution in [2.75, 3.05) is 36.4 Å². The molecule has 0 unspecified atom stereocenters. The Bertz CT molecular complexity index is 935. The number of nitrogens with zero attached hydrogens (tertiary/aromatic N) is 4. The highest BCUT2D eigenvalue weighted by molar-refractivity contribution is 5.92. The van der Waals surface area contributed by atoms with Gasteiger partial charge in [-0.1, -0.05) is 30.3 Å². The molecule has 6 nitrogen and oxygen atoms in total. The third kappa shape index (κ3) is 4.11. The lowest BCUT2D eigenvalue weighted by molar-refractivity contribution is 0.0740. The largest absolute Gasteiger partial charge is 0.368 e. The molecule has 28 heavy (non-hydrogen) atoms. The predicted molar refractivity (Wildman–Crippen MR) is 111 cm³/mol. The highest BCUT2D eigenvalue weighted by Crippen LogP contribution is 2.19. The fraction of sp³-hybridized carbons (Fsp3) is 0.227. The molecule has 1 aliphatic rings. The minimum absolute atomic E-state index is 0.0670. The van der Waals surface area contributed by atoms with Gasteiger partial charge in [-0.15, -0.1) is 0 Å². The van der Waals surface area contributed by atoms with E-state index in [1.54, 1.807) is 12.4 Å². The molecule has 1 aliphatic heterocycles. The van der Waals surface area contributed by atoms with Crippen LogP contribution >= 0.6 is 0 Å². The average molecular weight is 373 g/mol. The van der Waals surface area contributed by atoms with E-state index in [4.69, 9.17) is 0 Å². The minimum Gasteiger partial charge on any atom is -0.368 e. The maximum absolute atomic E-state index is 12.8. The number of hydrogen-bond acceptors (Lipinski definition) is 5. The molecule has 1 N–H and O–H groups in total. The van der Waals surface area contributed by atoms with E-state index in [1.807, 2.05) is 35.2 Å². The van der Waals surface area contributed by atoms with E-state index in [2.05, 4.69) is 51.4 Å². The van der Waals surface area contributed by atoms with Crippen LogP contribution in [0.15, 0.2) is 67.0 Å². The maximum Gasteiger partial charge on any atom is 0.274 e. The predicted octanol–water partition coefficient (Wildman–Crippen LogP) is 3.49. The van der Waals surface area contributed by atoms with Crippen molar-refractivity contribution in [1.29, 1.82) is 0 Å². The molecular formula is C22H23N5O. The summed E-state index contributed by atoms with van der Waals surface area (Å²) in [4.78, 5) is 25.6. The van der Waals surface area contributed by atoms with Gasteiger partial charge in [0.15, 0.2) is 0 Å². The normalized spacial score (nSPS) is 14.0. The van der Waals surface area contributed by atoms with Gasteiger partial charge in [0, 0.05) is 37.6 Å². The van der Waals surface area contributed by atoms with Crippen LogP contribution in [0.4, 0.5) is 17.2 Å². The van der Waals surface area contributed by atoms with Gasteiger partial charge in [-0.3, -0.25) is 4.79 Å². The van der Waals surface area contributed by atoms with Gasteiger partial charge in [0.25, 0.3) is 5.91 Å². The summed E-state index contributed by atoms with van der Waals surface area (Å²) in [5, 5.41) is 3.17. The van der Waals surface area contributed by atoms with Gasteiger partial charge < -0.3 is 15.1 Å². The van der Waals surface area contributed by atoms with Crippen LogP contribution in [0.25, 0.3) is 0 Å². The van der Waals surface area contributed by atoms with Crippen molar-refractivity contribution >= 4 is 23.1 Å². The lowest BCUT2D eigenvalue weighted by Crippen LogP contribution is -2.49. The van der Waals surface area contributed by atoms with E-state index in [0.29, 0.717) is 24.6 Å². The summed E-state index contributed by atoms with van der Waals surface area (Å²) in [5.41, 5.74) is 3.77. The Morgan fingerprint density at radius 2 is 1.71 bits per heavy atom. The second-order valence-corrected chi connectivity index (χ2v) is 6.90. The van der Waals surface area contributed by atoms with Gasteiger partial charge in [0.2, 0.25) is 0 Å². The Hall–Kier alpha value is -3.41. The zero-order valence-corrected chi connectivity index (χ0v) is 15.9. The van der Waals surface area contributed by atoms with Crippen LogP contribution in [0.5, 0.6) is 0 Å². The van der Waals surface area contributed by atoms with E-state index >= 15 is 0 Å². The molecule has 6 heteroatoms. The molecule has 3 aromatic rings. The first-order valence-corrected chi connectivity index (χ1v) is 9.44. The molecule has 2 heterocycles. The number of carbonyl (C=O) groups excluding carboxylic acids is 1. The number of benzene rings is 2. The van der Waals surface area contributed by atoms with Crippen LogP contribution in [-0.2, 0) is 0 Å². The summed E-state index contributed by atoms with van der Waals surface area (Å²) in [6, 6.07) is 18.2. The van der Waals surface area contributed by atoms with Crippen molar-refractivity contribution in [3.63, 3.8) is 0 Å². The van der Waals surface area contributed by atoms with Crippen LogP contribution in [-0.4, -0.2) is 47.0 Å². The summed E-state index contributed by atoms with van der Waals surface area (Å²) >= 11 is 0. The third-order valence-corrected chi connectivity index (χ3v) is 4.85. The Balaban J connectivity index is 1.36. The van der Waals surface area contributed by atoms with Crippen LogP contribution < -0.4 is 10.2 Å². The summed E-state index contributed by atoms with van der Waals surface area (Å²) in [6.07, 6.45) is 3.14. The molecule has 0 radical (unpaired) electrons. The van der Waals surface area contributed by atoms with E-state index < -0.39 is 0 Å². The maximum atomic E-state index is 12.8. The molecule has 0 bridgehead atoms. The number of aryl methyl sites for hydroxylation is 1. The molecule has 0 saturated carbocycles. The number of anilines is 3. The first-order valence-electron chi connectivity index (χ1n) is 9.44. The Labute approximate surface area is 164 Å². The first-order chi connectivity index (χ1) is 13.7. The SMILES string of the molecule is Cc1cccc(N2CCN(C(=O)c3cnc(Nc4ccccc4)cn3)CC2)c1. The zero-order chi connectivity index (χ0) is 19.3. The van der Waals surface area contributed by atoms with E-state index in [-0.39, 0.29) is 5.91 Å². The molecule has 1 aromatic heterocycles. The van der Waals surface area contributed by atoms with Crippen molar-refractivity contribution in [2.45, 2.75) is 6.92 Å². The van der Waals surface area contributed by atoms with Crippen molar-refractivity contribution in [2.24, 2.45) is 0 Å². The molecule has 1 amide bonds. The summed E-state index contributed by atoms with van der Waals surface area (Å²) in [7, 11) is 0. The molecule has 1 saturated heterocycles.